The molecule has 1 amide bonds. The van der Waals surface area contributed by atoms with Gasteiger partial charge in [0.25, 0.3) is 5.91 Å². The summed E-state index contributed by atoms with van der Waals surface area (Å²) in [5.41, 5.74) is 3.48. The summed E-state index contributed by atoms with van der Waals surface area (Å²) < 4.78 is 30.3. The zero-order valence-corrected chi connectivity index (χ0v) is 20.4. The van der Waals surface area contributed by atoms with Gasteiger partial charge in [-0.25, -0.2) is 8.42 Å². The lowest BCUT2D eigenvalue weighted by Gasteiger charge is -2.28. The Balaban J connectivity index is 1.70. The van der Waals surface area contributed by atoms with Gasteiger partial charge in [0.2, 0.25) is 0 Å². The molecule has 170 valence electrons. The third-order valence-electron chi connectivity index (χ3n) is 6.18. The van der Waals surface area contributed by atoms with E-state index in [1.54, 1.807) is 23.1 Å². The monoisotopic (exact) mass is 473 g/mol. The van der Waals surface area contributed by atoms with Crippen molar-refractivity contribution in [2.75, 3.05) is 11.5 Å². The summed E-state index contributed by atoms with van der Waals surface area (Å²) in [6.07, 6.45) is 0.430. The molecule has 0 aliphatic carbocycles. The van der Waals surface area contributed by atoms with E-state index in [9.17, 15) is 13.2 Å². The Labute approximate surface area is 194 Å². The van der Waals surface area contributed by atoms with Crippen molar-refractivity contribution in [3.05, 3.63) is 69.9 Å². The molecule has 1 fully saturated rings. The number of furan rings is 1. The molecule has 0 spiro atoms. The first-order chi connectivity index (χ1) is 14.9. The Morgan fingerprint density at radius 1 is 1.16 bits per heavy atom. The second-order valence-electron chi connectivity index (χ2n) is 9.63. The minimum absolute atomic E-state index is 0.0239. The topological polar surface area (TPSA) is 67.6 Å². The number of fused-ring (bicyclic) bond motifs is 1. The van der Waals surface area contributed by atoms with Gasteiger partial charge in [-0.2, -0.15) is 0 Å². The SMILES string of the molecule is Cc1c(C(=O)N(Cc2ccc(C(C)(C)C)cc2)C2CCS(=O)(=O)C2)oc2ccc(Cl)cc12. The van der Waals surface area contributed by atoms with Crippen LogP contribution in [0.25, 0.3) is 11.0 Å². The number of nitrogens with zero attached hydrogens (tertiary/aromatic N) is 1. The fraction of sp³-hybridized carbons (Fsp3) is 0.400. The highest BCUT2D eigenvalue weighted by Gasteiger charge is 2.36. The molecule has 4 rings (SSSR count). The summed E-state index contributed by atoms with van der Waals surface area (Å²) in [5, 5.41) is 1.35. The molecule has 5 nitrogen and oxygen atoms in total. The summed E-state index contributed by atoms with van der Waals surface area (Å²) >= 11 is 6.13. The number of hydrogen-bond donors (Lipinski definition) is 0. The fourth-order valence-electron chi connectivity index (χ4n) is 4.22. The van der Waals surface area contributed by atoms with Gasteiger partial charge in [0.1, 0.15) is 5.58 Å². The number of amides is 1. The van der Waals surface area contributed by atoms with Crippen LogP contribution in [0.15, 0.2) is 46.9 Å². The van der Waals surface area contributed by atoms with Crippen LogP contribution in [0.5, 0.6) is 0 Å². The second kappa shape index (κ2) is 8.23. The van der Waals surface area contributed by atoms with Gasteiger partial charge in [0, 0.05) is 28.6 Å². The molecular formula is C25H28ClNO4S. The molecule has 0 radical (unpaired) electrons. The van der Waals surface area contributed by atoms with Crippen molar-refractivity contribution < 1.29 is 17.6 Å². The van der Waals surface area contributed by atoms with Crippen molar-refractivity contribution in [3.63, 3.8) is 0 Å². The van der Waals surface area contributed by atoms with E-state index < -0.39 is 9.84 Å². The van der Waals surface area contributed by atoms with Crippen LogP contribution in [-0.2, 0) is 21.8 Å². The zero-order valence-electron chi connectivity index (χ0n) is 18.8. The molecule has 1 saturated heterocycles. The molecule has 32 heavy (non-hydrogen) atoms. The van der Waals surface area contributed by atoms with E-state index >= 15 is 0 Å². The van der Waals surface area contributed by atoms with Gasteiger partial charge >= 0.3 is 0 Å². The molecule has 1 aliphatic rings. The molecule has 1 aliphatic heterocycles. The summed E-state index contributed by atoms with van der Waals surface area (Å²) in [7, 11) is -3.16. The Bertz CT molecular complexity index is 1270. The van der Waals surface area contributed by atoms with Crippen LogP contribution in [0.1, 0.15) is 54.4 Å². The van der Waals surface area contributed by atoms with Crippen LogP contribution in [0.4, 0.5) is 0 Å². The molecule has 0 N–H and O–H groups in total. The Hall–Kier alpha value is -2.31. The zero-order chi connectivity index (χ0) is 23.3. The van der Waals surface area contributed by atoms with E-state index in [-0.39, 0.29) is 34.6 Å². The largest absolute Gasteiger partial charge is 0.451 e. The smallest absolute Gasteiger partial charge is 0.290 e. The third-order valence-corrected chi connectivity index (χ3v) is 8.16. The van der Waals surface area contributed by atoms with E-state index in [0.717, 1.165) is 10.9 Å². The predicted octanol–water partition coefficient (Wildman–Crippen LogP) is 5.52. The maximum Gasteiger partial charge on any atom is 0.290 e. The molecule has 2 aromatic carbocycles. The van der Waals surface area contributed by atoms with Crippen molar-refractivity contribution in [2.24, 2.45) is 0 Å². The van der Waals surface area contributed by atoms with Gasteiger partial charge in [-0.05, 0) is 48.1 Å². The predicted molar refractivity (Wildman–Crippen MR) is 128 cm³/mol. The molecule has 0 bridgehead atoms. The number of rotatable bonds is 4. The summed E-state index contributed by atoms with van der Waals surface area (Å²) in [6, 6.07) is 13.0. The fourth-order valence-corrected chi connectivity index (χ4v) is 6.13. The lowest BCUT2D eigenvalue weighted by molar-refractivity contribution is 0.0649. The van der Waals surface area contributed by atoms with E-state index in [1.807, 2.05) is 19.1 Å². The molecule has 7 heteroatoms. The highest BCUT2D eigenvalue weighted by Crippen LogP contribution is 2.31. The van der Waals surface area contributed by atoms with E-state index in [0.29, 0.717) is 29.1 Å². The minimum atomic E-state index is -3.16. The lowest BCUT2D eigenvalue weighted by atomic mass is 9.86. The average molecular weight is 474 g/mol. The van der Waals surface area contributed by atoms with Crippen LogP contribution < -0.4 is 0 Å². The van der Waals surface area contributed by atoms with Crippen molar-refractivity contribution in [3.8, 4) is 0 Å². The number of benzene rings is 2. The van der Waals surface area contributed by atoms with E-state index in [4.69, 9.17) is 16.0 Å². The Kier molecular flexibility index (Phi) is 5.88. The van der Waals surface area contributed by atoms with E-state index in [1.165, 1.54) is 5.56 Å². The normalized spacial score (nSPS) is 18.2. The molecule has 3 aromatic rings. The quantitative estimate of drug-likeness (QED) is 0.500. The first kappa shape index (κ1) is 22.9. The maximum absolute atomic E-state index is 13.7. The van der Waals surface area contributed by atoms with Crippen LogP contribution in [-0.4, -0.2) is 36.8 Å². The number of sulfone groups is 1. The first-order valence-electron chi connectivity index (χ1n) is 10.7. The van der Waals surface area contributed by atoms with Crippen molar-refractivity contribution >= 4 is 38.3 Å². The van der Waals surface area contributed by atoms with Crippen LogP contribution in [0, 0.1) is 6.92 Å². The molecule has 1 unspecified atom stereocenters. The third kappa shape index (κ3) is 4.57. The van der Waals surface area contributed by atoms with Gasteiger partial charge in [0.05, 0.1) is 11.5 Å². The standard InChI is InChI=1S/C25H28ClNO4S/c1-16-21-13-19(26)9-10-22(21)31-23(16)24(28)27(20-11-12-32(29,30)15-20)14-17-5-7-18(8-6-17)25(2,3)4/h5-10,13,20H,11-12,14-15H2,1-4H3. The lowest BCUT2D eigenvalue weighted by Crippen LogP contribution is -2.40. The maximum atomic E-state index is 13.7. The molecular weight excluding hydrogens is 446 g/mol. The van der Waals surface area contributed by atoms with Crippen LogP contribution >= 0.6 is 11.6 Å². The molecule has 0 saturated carbocycles. The highest BCUT2D eigenvalue weighted by atomic mass is 35.5. The molecule has 2 heterocycles. The Morgan fingerprint density at radius 3 is 2.44 bits per heavy atom. The molecule has 1 atom stereocenters. The van der Waals surface area contributed by atoms with E-state index in [2.05, 4.69) is 32.9 Å². The van der Waals surface area contributed by atoms with Crippen molar-refractivity contribution in [2.45, 2.75) is 52.1 Å². The summed E-state index contributed by atoms with van der Waals surface area (Å²) in [6.45, 7) is 8.60. The van der Waals surface area contributed by atoms with Gasteiger partial charge in [-0.1, -0.05) is 56.6 Å². The van der Waals surface area contributed by atoms with Crippen LogP contribution in [0.2, 0.25) is 5.02 Å². The van der Waals surface area contributed by atoms with Gasteiger partial charge < -0.3 is 9.32 Å². The van der Waals surface area contributed by atoms with Crippen molar-refractivity contribution in [1.29, 1.82) is 0 Å². The number of carbonyl (C=O) groups excluding carboxylic acids is 1. The van der Waals surface area contributed by atoms with Crippen molar-refractivity contribution in [1.82, 2.24) is 4.90 Å². The highest BCUT2D eigenvalue weighted by molar-refractivity contribution is 7.91. The number of hydrogen-bond acceptors (Lipinski definition) is 4. The van der Waals surface area contributed by atoms with Gasteiger partial charge in [-0.15, -0.1) is 0 Å². The second-order valence-corrected chi connectivity index (χ2v) is 12.3. The number of halogens is 1. The summed E-state index contributed by atoms with van der Waals surface area (Å²) in [4.78, 5) is 15.3. The number of carbonyl (C=O) groups is 1. The van der Waals surface area contributed by atoms with Crippen LogP contribution in [0.3, 0.4) is 0 Å². The number of aryl methyl sites for hydroxylation is 1. The average Bonchev–Trinajstić information content (AvgIpc) is 3.24. The first-order valence-corrected chi connectivity index (χ1v) is 12.9. The Morgan fingerprint density at radius 2 is 1.84 bits per heavy atom. The van der Waals surface area contributed by atoms with Gasteiger partial charge in [0.15, 0.2) is 15.6 Å². The molecule has 1 aromatic heterocycles. The minimum Gasteiger partial charge on any atom is -0.451 e. The van der Waals surface area contributed by atoms with Gasteiger partial charge in [-0.3, -0.25) is 4.79 Å². The summed E-state index contributed by atoms with van der Waals surface area (Å²) in [5.74, 6) is 0.0120.